The van der Waals surface area contributed by atoms with Gasteiger partial charge in [-0.25, -0.2) is 4.98 Å². The number of likely N-dealkylation sites (tertiary alicyclic amines) is 1. The van der Waals surface area contributed by atoms with Crippen molar-refractivity contribution in [2.45, 2.75) is 32.1 Å². The Morgan fingerprint density at radius 1 is 1.12 bits per heavy atom. The first kappa shape index (κ1) is 12.0. The van der Waals surface area contributed by atoms with Gasteiger partial charge in [0.25, 0.3) is 5.91 Å². The van der Waals surface area contributed by atoms with E-state index in [1.807, 2.05) is 0 Å². The van der Waals surface area contributed by atoms with Crippen LogP contribution in [0.25, 0.3) is 0 Å². The average Bonchev–Trinajstić information content (AvgIpc) is 2.28. The number of hydrogen-bond donors (Lipinski definition) is 0. The number of amides is 1. The molecule has 2 rings (SSSR count). The Bertz CT molecular complexity index is 387. The van der Waals surface area contributed by atoms with E-state index in [0.717, 1.165) is 25.9 Å². The molecular weight excluding hydrogens is 219 g/mol. The summed E-state index contributed by atoms with van der Waals surface area (Å²) < 4.78 is 13.0. The second kappa shape index (κ2) is 5.75. The number of aromatic nitrogens is 1. The average molecular weight is 236 g/mol. The molecule has 0 N–H and O–H groups in total. The second-order valence-electron chi connectivity index (χ2n) is 4.41. The Labute approximate surface area is 101 Å². The van der Waals surface area contributed by atoms with Crippen molar-refractivity contribution >= 4 is 5.91 Å². The quantitative estimate of drug-likeness (QED) is 0.702. The highest BCUT2D eigenvalue weighted by Gasteiger charge is 2.17. The van der Waals surface area contributed by atoms with Gasteiger partial charge < -0.3 is 4.90 Å². The fourth-order valence-electron chi connectivity index (χ4n) is 2.14. The predicted molar refractivity (Wildman–Crippen MR) is 63.2 cm³/mol. The Morgan fingerprint density at radius 2 is 1.76 bits per heavy atom. The summed E-state index contributed by atoms with van der Waals surface area (Å²) in [5.74, 6) is -0.741. The first-order valence-electron chi connectivity index (χ1n) is 6.19. The minimum atomic E-state index is -0.595. The first-order chi connectivity index (χ1) is 8.27. The van der Waals surface area contributed by atoms with Crippen LogP contribution in [-0.4, -0.2) is 28.9 Å². The minimum Gasteiger partial charge on any atom is -0.337 e. The third-order valence-corrected chi connectivity index (χ3v) is 3.08. The summed E-state index contributed by atoms with van der Waals surface area (Å²) in [6.45, 7) is 1.52. The number of nitrogens with zero attached hydrogens (tertiary/aromatic N) is 2. The normalized spacial score (nSPS) is 17.4. The number of hydrogen-bond acceptors (Lipinski definition) is 2. The zero-order valence-corrected chi connectivity index (χ0v) is 9.86. The maximum absolute atomic E-state index is 13.0. The lowest BCUT2D eigenvalue weighted by Gasteiger charge is -2.24. The largest absolute Gasteiger partial charge is 0.337 e. The first-order valence-corrected chi connectivity index (χ1v) is 6.19. The molecular formula is C13H17FN2O. The van der Waals surface area contributed by atoms with Crippen molar-refractivity contribution in [2.75, 3.05) is 13.1 Å². The van der Waals surface area contributed by atoms with E-state index < -0.39 is 5.95 Å². The molecule has 0 bridgehead atoms. The number of carbonyl (C=O) groups excluding carboxylic acids is 1. The van der Waals surface area contributed by atoms with Crippen LogP contribution in [-0.2, 0) is 0 Å². The van der Waals surface area contributed by atoms with E-state index in [1.165, 1.54) is 31.4 Å². The molecule has 0 unspecified atom stereocenters. The van der Waals surface area contributed by atoms with E-state index in [9.17, 15) is 9.18 Å². The monoisotopic (exact) mass is 236 g/mol. The summed E-state index contributed by atoms with van der Waals surface area (Å²) >= 11 is 0. The lowest BCUT2D eigenvalue weighted by Crippen LogP contribution is -2.34. The second-order valence-corrected chi connectivity index (χ2v) is 4.41. The molecule has 0 saturated carbocycles. The molecule has 1 fully saturated rings. The standard InChI is InChI=1S/C13H17FN2O/c14-12-8-6-7-11(15-12)13(17)16-9-4-2-1-3-5-10-16/h6-8H,1-5,9-10H2. The predicted octanol–water partition coefficient (Wildman–Crippen LogP) is 2.63. The number of rotatable bonds is 1. The summed E-state index contributed by atoms with van der Waals surface area (Å²) in [7, 11) is 0. The summed E-state index contributed by atoms with van der Waals surface area (Å²) in [6.07, 6.45) is 5.64. The molecule has 1 aliphatic heterocycles. The highest BCUT2D eigenvalue weighted by molar-refractivity contribution is 5.92. The minimum absolute atomic E-state index is 0.147. The Hall–Kier alpha value is -1.45. The molecule has 0 aliphatic carbocycles. The van der Waals surface area contributed by atoms with Gasteiger partial charge >= 0.3 is 0 Å². The summed E-state index contributed by atoms with van der Waals surface area (Å²) in [5, 5.41) is 0. The van der Waals surface area contributed by atoms with Crippen LogP contribution in [0.15, 0.2) is 18.2 Å². The highest BCUT2D eigenvalue weighted by atomic mass is 19.1. The van der Waals surface area contributed by atoms with Gasteiger partial charge in [0.05, 0.1) is 0 Å². The van der Waals surface area contributed by atoms with E-state index in [0.29, 0.717) is 0 Å². The maximum atomic E-state index is 13.0. The SMILES string of the molecule is O=C(c1cccc(F)n1)N1CCCCCCC1. The van der Waals surface area contributed by atoms with Crippen LogP contribution in [0.2, 0.25) is 0 Å². The van der Waals surface area contributed by atoms with Crippen LogP contribution in [0.3, 0.4) is 0 Å². The zero-order chi connectivity index (χ0) is 12.1. The zero-order valence-electron chi connectivity index (χ0n) is 9.86. The molecule has 2 heterocycles. The number of halogens is 1. The van der Waals surface area contributed by atoms with Crippen LogP contribution in [0, 0.1) is 5.95 Å². The van der Waals surface area contributed by atoms with Crippen LogP contribution < -0.4 is 0 Å². The van der Waals surface area contributed by atoms with Gasteiger partial charge in [-0.1, -0.05) is 25.3 Å². The molecule has 1 aromatic heterocycles. The van der Waals surface area contributed by atoms with Gasteiger partial charge in [0.1, 0.15) is 5.69 Å². The summed E-state index contributed by atoms with van der Waals surface area (Å²) in [4.78, 5) is 17.6. The maximum Gasteiger partial charge on any atom is 0.272 e. The topological polar surface area (TPSA) is 33.2 Å². The lowest BCUT2D eigenvalue weighted by atomic mass is 10.1. The highest BCUT2D eigenvalue weighted by Crippen LogP contribution is 2.12. The van der Waals surface area contributed by atoms with Gasteiger partial charge in [0.2, 0.25) is 5.95 Å². The molecule has 92 valence electrons. The van der Waals surface area contributed by atoms with Gasteiger partial charge in [-0.3, -0.25) is 4.79 Å². The molecule has 1 aliphatic rings. The van der Waals surface area contributed by atoms with Crippen molar-refractivity contribution in [3.8, 4) is 0 Å². The van der Waals surface area contributed by atoms with Crippen LogP contribution in [0.1, 0.15) is 42.6 Å². The van der Waals surface area contributed by atoms with Crippen molar-refractivity contribution in [2.24, 2.45) is 0 Å². The van der Waals surface area contributed by atoms with Crippen LogP contribution in [0.4, 0.5) is 4.39 Å². The van der Waals surface area contributed by atoms with Crippen LogP contribution in [0.5, 0.6) is 0 Å². The Kier molecular flexibility index (Phi) is 4.07. The third kappa shape index (κ3) is 3.25. The van der Waals surface area contributed by atoms with Gasteiger partial charge in [-0.2, -0.15) is 4.39 Å². The van der Waals surface area contributed by atoms with Crippen molar-refractivity contribution < 1.29 is 9.18 Å². The molecule has 0 spiro atoms. The lowest BCUT2D eigenvalue weighted by molar-refractivity contribution is 0.0735. The van der Waals surface area contributed by atoms with Crippen molar-refractivity contribution in [3.05, 3.63) is 29.8 Å². The summed E-state index contributed by atoms with van der Waals surface area (Å²) in [5.41, 5.74) is 0.213. The Morgan fingerprint density at radius 3 is 2.41 bits per heavy atom. The third-order valence-electron chi connectivity index (χ3n) is 3.08. The Balaban J connectivity index is 2.07. The van der Waals surface area contributed by atoms with Gasteiger partial charge in [-0.05, 0) is 25.0 Å². The molecule has 1 amide bonds. The van der Waals surface area contributed by atoms with E-state index in [2.05, 4.69) is 4.98 Å². The van der Waals surface area contributed by atoms with Gasteiger partial charge in [0, 0.05) is 13.1 Å². The fraction of sp³-hybridized carbons (Fsp3) is 0.538. The smallest absolute Gasteiger partial charge is 0.272 e. The molecule has 0 radical (unpaired) electrons. The van der Waals surface area contributed by atoms with E-state index in [1.54, 1.807) is 11.0 Å². The molecule has 1 saturated heterocycles. The van der Waals surface area contributed by atoms with Gasteiger partial charge in [0.15, 0.2) is 0 Å². The number of carbonyl (C=O) groups is 1. The van der Waals surface area contributed by atoms with E-state index in [-0.39, 0.29) is 11.6 Å². The van der Waals surface area contributed by atoms with Gasteiger partial charge in [-0.15, -0.1) is 0 Å². The van der Waals surface area contributed by atoms with Crippen LogP contribution >= 0.6 is 0 Å². The molecule has 1 aromatic rings. The molecule has 0 aromatic carbocycles. The molecule has 17 heavy (non-hydrogen) atoms. The molecule has 4 heteroatoms. The molecule has 0 atom stereocenters. The number of pyridine rings is 1. The fourth-order valence-corrected chi connectivity index (χ4v) is 2.14. The van der Waals surface area contributed by atoms with E-state index >= 15 is 0 Å². The summed E-state index contributed by atoms with van der Waals surface area (Å²) in [6, 6.07) is 4.36. The van der Waals surface area contributed by atoms with E-state index in [4.69, 9.17) is 0 Å². The molecule has 3 nitrogen and oxygen atoms in total. The van der Waals surface area contributed by atoms with Crippen molar-refractivity contribution in [1.29, 1.82) is 0 Å². The van der Waals surface area contributed by atoms with Crippen molar-refractivity contribution in [1.82, 2.24) is 9.88 Å². The van der Waals surface area contributed by atoms with Crippen molar-refractivity contribution in [3.63, 3.8) is 0 Å².